The molecule has 2 rings (SSSR count). The molecular weight excluding hydrogens is 228 g/mol. The SMILES string of the molecule is C=C(C)C(=O)OC1CSC2CCCC2S1. The number of carbonyl (C=O) groups excluding carboxylic acids is 1. The summed E-state index contributed by atoms with van der Waals surface area (Å²) < 4.78 is 5.36. The van der Waals surface area contributed by atoms with Crippen LogP contribution in [0.25, 0.3) is 0 Å². The van der Waals surface area contributed by atoms with Crippen LogP contribution < -0.4 is 0 Å². The number of hydrogen-bond acceptors (Lipinski definition) is 4. The average molecular weight is 244 g/mol. The number of esters is 1. The lowest BCUT2D eigenvalue weighted by Gasteiger charge is -2.30. The third-order valence-corrected chi connectivity index (χ3v) is 6.10. The van der Waals surface area contributed by atoms with Crippen molar-refractivity contribution in [1.29, 1.82) is 0 Å². The van der Waals surface area contributed by atoms with Crippen molar-refractivity contribution in [2.45, 2.75) is 42.1 Å². The van der Waals surface area contributed by atoms with E-state index in [4.69, 9.17) is 4.74 Å². The molecule has 4 heteroatoms. The molecule has 0 bridgehead atoms. The van der Waals surface area contributed by atoms with E-state index in [1.807, 2.05) is 23.5 Å². The van der Waals surface area contributed by atoms with Crippen LogP contribution in [0.1, 0.15) is 26.2 Å². The van der Waals surface area contributed by atoms with Crippen molar-refractivity contribution in [3.8, 4) is 0 Å². The van der Waals surface area contributed by atoms with Gasteiger partial charge < -0.3 is 4.74 Å². The number of fused-ring (bicyclic) bond motifs is 1. The highest BCUT2D eigenvalue weighted by Gasteiger charge is 2.36. The molecule has 2 nitrogen and oxygen atoms in total. The normalized spacial score (nSPS) is 34.6. The molecule has 0 amide bonds. The van der Waals surface area contributed by atoms with Crippen LogP contribution in [0.2, 0.25) is 0 Å². The van der Waals surface area contributed by atoms with Crippen LogP contribution in [0.5, 0.6) is 0 Å². The Labute approximate surface area is 99.2 Å². The van der Waals surface area contributed by atoms with E-state index in [9.17, 15) is 4.79 Å². The van der Waals surface area contributed by atoms with Gasteiger partial charge in [-0.25, -0.2) is 4.79 Å². The summed E-state index contributed by atoms with van der Waals surface area (Å²) in [5.41, 5.74) is 0.535. The monoisotopic (exact) mass is 244 g/mol. The van der Waals surface area contributed by atoms with Gasteiger partial charge in [0.25, 0.3) is 0 Å². The van der Waals surface area contributed by atoms with Gasteiger partial charge in [0.05, 0.1) is 0 Å². The third kappa shape index (κ3) is 2.72. The Kier molecular flexibility index (Phi) is 3.67. The first-order chi connectivity index (χ1) is 7.16. The molecule has 1 saturated carbocycles. The minimum Gasteiger partial charge on any atom is -0.447 e. The Balaban J connectivity index is 1.85. The van der Waals surface area contributed by atoms with Gasteiger partial charge in [-0.2, -0.15) is 11.8 Å². The Morgan fingerprint density at radius 1 is 1.40 bits per heavy atom. The van der Waals surface area contributed by atoms with E-state index in [-0.39, 0.29) is 11.4 Å². The van der Waals surface area contributed by atoms with Crippen LogP contribution in [-0.2, 0) is 9.53 Å². The second-order valence-corrected chi connectivity index (χ2v) is 6.77. The van der Waals surface area contributed by atoms with E-state index < -0.39 is 0 Å². The van der Waals surface area contributed by atoms with Crippen molar-refractivity contribution < 1.29 is 9.53 Å². The Bertz CT molecular complexity index is 278. The fourth-order valence-corrected chi connectivity index (χ4v) is 5.24. The van der Waals surface area contributed by atoms with Crippen LogP contribution >= 0.6 is 23.5 Å². The highest BCUT2D eigenvalue weighted by molar-refractivity contribution is 8.07. The molecule has 84 valence electrons. The second-order valence-electron chi connectivity index (χ2n) is 4.09. The molecular formula is C11H16O2S2. The fourth-order valence-electron chi connectivity index (χ4n) is 1.96. The number of rotatable bonds is 2. The molecule has 0 radical (unpaired) electrons. The van der Waals surface area contributed by atoms with Crippen molar-refractivity contribution in [3.63, 3.8) is 0 Å². The van der Waals surface area contributed by atoms with E-state index in [1.165, 1.54) is 19.3 Å². The lowest BCUT2D eigenvalue weighted by molar-refractivity contribution is -0.139. The van der Waals surface area contributed by atoms with Gasteiger partial charge in [0, 0.05) is 21.8 Å². The first kappa shape index (κ1) is 11.4. The smallest absolute Gasteiger partial charge is 0.334 e. The molecule has 2 fully saturated rings. The van der Waals surface area contributed by atoms with E-state index >= 15 is 0 Å². The maximum Gasteiger partial charge on any atom is 0.334 e. The molecule has 0 N–H and O–H groups in total. The molecule has 0 aromatic carbocycles. The molecule has 15 heavy (non-hydrogen) atoms. The van der Waals surface area contributed by atoms with Crippen LogP contribution in [0.4, 0.5) is 0 Å². The van der Waals surface area contributed by atoms with E-state index in [1.54, 1.807) is 6.92 Å². The highest BCUT2D eigenvalue weighted by Crippen LogP contribution is 2.45. The van der Waals surface area contributed by atoms with Crippen LogP contribution in [-0.4, -0.2) is 27.7 Å². The molecule has 0 aromatic rings. The number of thioether (sulfide) groups is 2. The third-order valence-electron chi connectivity index (χ3n) is 2.75. The van der Waals surface area contributed by atoms with Crippen LogP contribution in [0.3, 0.4) is 0 Å². The van der Waals surface area contributed by atoms with Crippen molar-refractivity contribution in [3.05, 3.63) is 12.2 Å². The fraction of sp³-hybridized carbons (Fsp3) is 0.727. The molecule has 0 aromatic heterocycles. The Hall–Kier alpha value is -0.0900. The molecule has 1 heterocycles. The largest absolute Gasteiger partial charge is 0.447 e. The van der Waals surface area contributed by atoms with Gasteiger partial charge in [-0.05, 0) is 19.8 Å². The maximum absolute atomic E-state index is 11.4. The maximum atomic E-state index is 11.4. The molecule has 1 aliphatic carbocycles. The predicted octanol–water partition coefficient (Wildman–Crippen LogP) is 2.83. The van der Waals surface area contributed by atoms with Gasteiger partial charge in [-0.1, -0.05) is 13.0 Å². The molecule has 0 spiro atoms. The minimum atomic E-state index is -0.246. The Morgan fingerprint density at radius 2 is 2.13 bits per heavy atom. The van der Waals surface area contributed by atoms with Gasteiger partial charge in [0.15, 0.2) is 5.44 Å². The predicted molar refractivity (Wildman–Crippen MR) is 66.2 cm³/mol. The summed E-state index contributed by atoms with van der Waals surface area (Å²) in [5.74, 6) is 0.690. The van der Waals surface area contributed by atoms with Crippen LogP contribution in [0.15, 0.2) is 12.2 Å². The zero-order chi connectivity index (χ0) is 10.8. The lowest BCUT2D eigenvalue weighted by atomic mass is 10.4. The summed E-state index contributed by atoms with van der Waals surface area (Å²) in [5, 5.41) is 1.50. The molecule has 3 unspecified atom stereocenters. The Morgan fingerprint density at radius 3 is 2.87 bits per heavy atom. The summed E-state index contributed by atoms with van der Waals surface area (Å²) in [6.07, 6.45) is 3.95. The molecule has 2 aliphatic rings. The van der Waals surface area contributed by atoms with E-state index in [0.717, 1.165) is 11.0 Å². The van der Waals surface area contributed by atoms with Crippen LogP contribution in [0, 0.1) is 0 Å². The molecule has 1 saturated heterocycles. The summed E-state index contributed by atoms with van der Waals surface area (Å²) in [6, 6.07) is 0. The zero-order valence-electron chi connectivity index (χ0n) is 8.90. The van der Waals surface area contributed by atoms with Gasteiger partial charge >= 0.3 is 5.97 Å². The van der Waals surface area contributed by atoms with Gasteiger partial charge in [-0.15, -0.1) is 11.8 Å². The van der Waals surface area contributed by atoms with Gasteiger partial charge in [-0.3, -0.25) is 0 Å². The first-order valence-corrected chi connectivity index (χ1v) is 7.29. The number of hydrogen-bond donors (Lipinski definition) is 0. The first-order valence-electron chi connectivity index (χ1n) is 5.30. The number of carbonyl (C=O) groups is 1. The van der Waals surface area contributed by atoms with Crippen molar-refractivity contribution in [1.82, 2.24) is 0 Å². The molecule has 1 aliphatic heterocycles. The quantitative estimate of drug-likeness (QED) is 0.551. The van der Waals surface area contributed by atoms with Crippen molar-refractivity contribution in [2.75, 3.05) is 5.75 Å². The second kappa shape index (κ2) is 4.83. The summed E-state index contributed by atoms with van der Waals surface area (Å²) in [6.45, 7) is 5.29. The topological polar surface area (TPSA) is 26.3 Å². The summed E-state index contributed by atoms with van der Waals surface area (Å²) in [4.78, 5) is 11.4. The van der Waals surface area contributed by atoms with E-state index in [0.29, 0.717) is 10.8 Å². The minimum absolute atomic E-state index is 0.0403. The molecule has 3 atom stereocenters. The van der Waals surface area contributed by atoms with Gasteiger partial charge in [0.2, 0.25) is 0 Å². The van der Waals surface area contributed by atoms with Gasteiger partial charge in [0.1, 0.15) is 0 Å². The summed E-state index contributed by atoms with van der Waals surface area (Å²) >= 11 is 3.81. The standard InChI is InChI=1S/C11H16O2S2/c1-7(2)11(12)13-10-6-14-8-4-3-5-9(8)15-10/h8-10H,1,3-6H2,2H3. The average Bonchev–Trinajstić information content (AvgIpc) is 2.64. The zero-order valence-corrected chi connectivity index (χ0v) is 10.5. The highest BCUT2D eigenvalue weighted by atomic mass is 32.2. The summed E-state index contributed by atoms with van der Waals surface area (Å²) in [7, 11) is 0. The lowest BCUT2D eigenvalue weighted by Crippen LogP contribution is -2.29. The van der Waals surface area contributed by atoms with Crippen molar-refractivity contribution in [2.24, 2.45) is 0 Å². The van der Waals surface area contributed by atoms with Crippen molar-refractivity contribution >= 4 is 29.5 Å². The van der Waals surface area contributed by atoms with E-state index in [2.05, 4.69) is 6.58 Å². The number of ether oxygens (including phenoxy) is 1.